The largest absolute Gasteiger partial charge is 0.393 e. The van der Waals surface area contributed by atoms with Crippen LogP contribution in [0.2, 0.25) is 0 Å². The fourth-order valence-corrected chi connectivity index (χ4v) is 2.61. The van der Waals surface area contributed by atoms with E-state index in [1.807, 2.05) is 20.8 Å². The Morgan fingerprint density at radius 2 is 1.95 bits per heavy atom. The second-order valence-corrected chi connectivity index (χ2v) is 6.31. The van der Waals surface area contributed by atoms with Crippen LogP contribution in [0.3, 0.4) is 0 Å². The molecule has 1 rings (SSSR count). The number of hydrogen-bond acceptors (Lipinski definition) is 3. The molecule has 1 amide bonds. The Bertz CT molecular complexity index is 292. The average molecular weight is 270 g/mol. The van der Waals surface area contributed by atoms with Gasteiger partial charge in [0.05, 0.1) is 6.10 Å². The monoisotopic (exact) mass is 270 g/mol. The third-order valence-electron chi connectivity index (χ3n) is 4.28. The highest BCUT2D eigenvalue weighted by Crippen LogP contribution is 2.23. The molecule has 1 heterocycles. The van der Waals surface area contributed by atoms with Crippen LogP contribution in [-0.4, -0.2) is 47.2 Å². The summed E-state index contributed by atoms with van der Waals surface area (Å²) in [6, 6.07) is 0.664. The Hall–Kier alpha value is -0.610. The maximum atomic E-state index is 11.8. The molecule has 0 aromatic carbocycles. The lowest BCUT2D eigenvalue weighted by Gasteiger charge is -2.42. The number of piperidine rings is 1. The van der Waals surface area contributed by atoms with Gasteiger partial charge in [0.25, 0.3) is 0 Å². The molecule has 1 aliphatic rings. The zero-order valence-corrected chi connectivity index (χ0v) is 13.0. The number of carbonyl (C=O) groups is 1. The first-order valence-electron chi connectivity index (χ1n) is 7.57. The maximum Gasteiger partial charge on any atom is 0.222 e. The SMILES string of the molecule is CCC(C)N1CC(NC(=O)C(C)C)CC(C(C)O)C1. The summed E-state index contributed by atoms with van der Waals surface area (Å²) in [6.45, 7) is 11.9. The minimum atomic E-state index is -0.315. The quantitative estimate of drug-likeness (QED) is 0.798. The molecule has 1 saturated heterocycles. The van der Waals surface area contributed by atoms with E-state index in [0.29, 0.717) is 6.04 Å². The van der Waals surface area contributed by atoms with Crippen molar-refractivity contribution >= 4 is 5.91 Å². The molecule has 1 aliphatic heterocycles. The minimum Gasteiger partial charge on any atom is -0.393 e. The Morgan fingerprint density at radius 3 is 2.42 bits per heavy atom. The van der Waals surface area contributed by atoms with Crippen molar-refractivity contribution in [3.8, 4) is 0 Å². The Labute approximate surface area is 117 Å². The normalized spacial score (nSPS) is 28.2. The fourth-order valence-electron chi connectivity index (χ4n) is 2.61. The number of carbonyl (C=O) groups excluding carboxylic acids is 1. The lowest BCUT2D eigenvalue weighted by atomic mass is 9.89. The van der Waals surface area contributed by atoms with Crippen LogP contribution in [0.4, 0.5) is 0 Å². The third-order valence-corrected chi connectivity index (χ3v) is 4.28. The van der Waals surface area contributed by atoms with Gasteiger partial charge in [-0.2, -0.15) is 0 Å². The lowest BCUT2D eigenvalue weighted by molar-refractivity contribution is -0.125. The summed E-state index contributed by atoms with van der Waals surface area (Å²) in [5, 5.41) is 13.0. The van der Waals surface area contributed by atoms with Crippen LogP contribution in [0.25, 0.3) is 0 Å². The molecule has 4 unspecified atom stereocenters. The highest BCUT2D eigenvalue weighted by Gasteiger charge is 2.32. The summed E-state index contributed by atoms with van der Waals surface area (Å²) < 4.78 is 0. The summed E-state index contributed by atoms with van der Waals surface area (Å²) in [5.74, 6) is 0.379. The van der Waals surface area contributed by atoms with Crippen molar-refractivity contribution in [3.63, 3.8) is 0 Å². The van der Waals surface area contributed by atoms with Crippen molar-refractivity contribution in [3.05, 3.63) is 0 Å². The van der Waals surface area contributed by atoms with E-state index in [0.717, 1.165) is 25.9 Å². The van der Waals surface area contributed by atoms with Gasteiger partial charge in [-0.05, 0) is 32.6 Å². The first-order valence-corrected chi connectivity index (χ1v) is 7.57. The number of hydrogen-bond donors (Lipinski definition) is 2. The van der Waals surface area contributed by atoms with Gasteiger partial charge in [-0.25, -0.2) is 0 Å². The van der Waals surface area contributed by atoms with E-state index in [2.05, 4.69) is 24.1 Å². The number of nitrogens with one attached hydrogen (secondary N) is 1. The molecular weight excluding hydrogens is 240 g/mol. The van der Waals surface area contributed by atoms with Gasteiger partial charge in [0.15, 0.2) is 0 Å². The van der Waals surface area contributed by atoms with Crippen LogP contribution in [0, 0.1) is 11.8 Å². The third kappa shape index (κ3) is 4.77. The van der Waals surface area contributed by atoms with E-state index in [4.69, 9.17) is 0 Å². The average Bonchev–Trinajstić information content (AvgIpc) is 2.37. The van der Waals surface area contributed by atoms with Gasteiger partial charge < -0.3 is 10.4 Å². The van der Waals surface area contributed by atoms with Gasteiger partial charge >= 0.3 is 0 Å². The summed E-state index contributed by atoms with van der Waals surface area (Å²) in [7, 11) is 0. The number of likely N-dealkylation sites (tertiary alicyclic amines) is 1. The summed E-state index contributed by atoms with van der Waals surface area (Å²) in [6.07, 6.45) is 1.66. The van der Waals surface area contributed by atoms with Crippen molar-refractivity contribution in [1.29, 1.82) is 0 Å². The first-order chi connectivity index (χ1) is 8.85. The molecule has 0 aromatic heterocycles. The smallest absolute Gasteiger partial charge is 0.222 e. The topological polar surface area (TPSA) is 52.6 Å². The Balaban J connectivity index is 2.67. The molecule has 0 aliphatic carbocycles. The van der Waals surface area contributed by atoms with E-state index in [-0.39, 0.29) is 29.9 Å². The predicted molar refractivity (Wildman–Crippen MR) is 77.9 cm³/mol. The fraction of sp³-hybridized carbons (Fsp3) is 0.933. The predicted octanol–water partition coefficient (Wildman–Crippen LogP) is 1.63. The van der Waals surface area contributed by atoms with E-state index in [1.54, 1.807) is 0 Å². The number of aliphatic hydroxyl groups excluding tert-OH is 1. The highest BCUT2D eigenvalue weighted by atomic mass is 16.3. The molecule has 112 valence electrons. The highest BCUT2D eigenvalue weighted by molar-refractivity contribution is 5.78. The van der Waals surface area contributed by atoms with Crippen LogP contribution < -0.4 is 5.32 Å². The molecule has 0 saturated carbocycles. The van der Waals surface area contributed by atoms with E-state index >= 15 is 0 Å². The Kier molecular flexibility index (Phi) is 6.27. The van der Waals surface area contributed by atoms with Gasteiger partial charge in [-0.15, -0.1) is 0 Å². The molecule has 4 nitrogen and oxygen atoms in total. The molecular formula is C15H30N2O2. The van der Waals surface area contributed by atoms with E-state index < -0.39 is 0 Å². The molecule has 2 N–H and O–H groups in total. The van der Waals surface area contributed by atoms with E-state index in [1.165, 1.54) is 0 Å². The van der Waals surface area contributed by atoms with Gasteiger partial charge in [0.2, 0.25) is 5.91 Å². The standard InChI is InChI=1S/C15H30N2O2/c1-6-11(4)17-8-13(12(5)18)7-14(9-17)16-15(19)10(2)3/h10-14,18H,6-9H2,1-5H3,(H,16,19). The summed E-state index contributed by atoms with van der Waals surface area (Å²) >= 11 is 0. The lowest BCUT2D eigenvalue weighted by Crippen LogP contribution is -2.55. The van der Waals surface area contributed by atoms with Gasteiger partial charge in [0, 0.05) is 31.1 Å². The van der Waals surface area contributed by atoms with Gasteiger partial charge in [0.1, 0.15) is 0 Å². The van der Waals surface area contributed by atoms with Crippen molar-refractivity contribution in [1.82, 2.24) is 10.2 Å². The zero-order valence-electron chi connectivity index (χ0n) is 13.0. The number of nitrogens with zero attached hydrogens (tertiary/aromatic N) is 1. The van der Waals surface area contributed by atoms with Crippen molar-refractivity contribution in [2.24, 2.45) is 11.8 Å². The second-order valence-electron chi connectivity index (χ2n) is 6.31. The Morgan fingerprint density at radius 1 is 1.32 bits per heavy atom. The van der Waals surface area contributed by atoms with Gasteiger partial charge in [-0.3, -0.25) is 9.69 Å². The molecule has 4 atom stereocenters. The molecule has 0 radical (unpaired) electrons. The first kappa shape index (κ1) is 16.4. The van der Waals surface area contributed by atoms with Crippen LogP contribution in [0.5, 0.6) is 0 Å². The van der Waals surface area contributed by atoms with Crippen molar-refractivity contribution < 1.29 is 9.90 Å². The van der Waals surface area contributed by atoms with Crippen LogP contribution in [-0.2, 0) is 4.79 Å². The minimum absolute atomic E-state index is 0.0176. The van der Waals surface area contributed by atoms with Crippen LogP contribution >= 0.6 is 0 Å². The van der Waals surface area contributed by atoms with Crippen molar-refractivity contribution in [2.75, 3.05) is 13.1 Å². The van der Waals surface area contributed by atoms with Gasteiger partial charge in [-0.1, -0.05) is 20.8 Å². The number of aliphatic hydroxyl groups is 1. The molecule has 0 aromatic rings. The van der Waals surface area contributed by atoms with Crippen LogP contribution in [0.1, 0.15) is 47.5 Å². The zero-order chi connectivity index (χ0) is 14.6. The molecule has 19 heavy (non-hydrogen) atoms. The number of amides is 1. The molecule has 1 fully saturated rings. The molecule has 0 spiro atoms. The van der Waals surface area contributed by atoms with Crippen LogP contribution in [0.15, 0.2) is 0 Å². The maximum absolute atomic E-state index is 11.8. The van der Waals surface area contributed by atoms with E-state index in [9.17, 15) is 9.90 Å². The molecule has 0 bridgehead atoms. The van der Waals surface area contributed by atoms with Crippen molar-refractivity contribution in [2.45, 2.75) is 65.6 Å². The summed E-state index contributed by atoms with van der Waals surface area (Å²) in [5.41, 5.74) is 0. The number of rotatable bonds is 5. The second kappa shape index (κ2) is 7.25. The molecule has 4 heteroatoms. The summed E-state index contributed by atoms with van der Waals surface area (Å²) in [4.78, 5) is 14.2.